The highest BCUT2D eigenvalue weighted by molar-refractivity contribution is 7.22. The van der Waals surface area contributed by atoms with Crippen LogP contribution in [0.2, 0.25) is 0 Å². The van der Waals surface area contributed by atoms with Crippen molar-refractivity contribution in [2.75, 3.05) is 11.9 Å². The molecule has 3 heterocycles. The average molecular weight is 320 g/mol. The number of aromatic amines is 1. The number of H-pyrrole nitrogens is 1. The molecule has 0 spiro atoms. The molecule has 0 saturated heterocycles. The zero-order chi connectivity index (χ0) is 15.6. The molecule has 0 aliphatic rings. The van der Waals surface area contributed by atoms with Crippen molar-refractivity contribution < 1.29 is 0 Å². The molecule has 5 heteroatoms. The number of hydrogen-bond acceptors (Lipinski definition) is 4. The molecule has 0 bridgehead atoms. The zero-order valence-corrected chi connectivity index (χ0v) is 13.5. The second-order valence-electron chi connectivity index (χ2n) is 5.24. The number of nitrogens with one attached hydrogen (secondary N) is 2. The Hall–Kier alpha value is -2.66. The van der Waals surface area contributed by atoms with Gasteiger partial charge in [-0.3, -0.25) is 4.98 Å². The number of anilines is 1. The lowest BCUT2D eigenvalue weighted by atomic mass is 10.0. The third-order valence-corrected chi connectivity index (χ3v) is 4.75. The first-order chi connectivity index (χ1) is 11.3. The molecule has 0 radical (unpaired) electrons. The number of pyridine rings is 1. The molecular weight excluding hydrogens is 304 g/mol. The molecule has 4 nitrogen and oxygen atoms in total. The minimum Gasteiger partial charge on any atom is -0.367 e. The Morgan fingerprint density at radius 2 is 2.13 bits per heavy atom. The SMILES string of the molecule is CCNc1nc2cc(-c3cc[nH]c3)cc(-c3ccccn3)c2s1. The Bertz CT molecular complexity index is 926. The first kappa shape index (κ1) is 14.0. The summed E-state index contributed by atoms with van der Waals surface area (Å²) in [6.45, 7) is 2.94. The highest BCUT2D eigenvalue weighted by atomic mass is 32.1. The van der Waals surface area contributed by atoms with Crippen LogP contribution < -0.4 is 5.32 Å². The van der Waals surface area contributed by atoms with E-state index in [1.807, 2.05) is 36.8 Å². The van der Waals surface area contributed by atoms with Gasteiger partial charge in [-0.2, -0.15) is 0 Å². The molecular formula is C18H16N4S. The predicted octanol–water partition coefficient (Wildman–Crippen LogP) is 4.79. The fourth-order valence-corrected chi connectivity index (χ4v) is 3.68. The van der Waals surface area contributed by atoms with Gasteiger partial charge in [0.15, 0.2) is 5.13 Å². The smallest absolute Gasteiger partial charge is 0.183 e. The van der Waals surface area contributed by atoms with Gasteiger partial charge in [0.1, 0.15) is 0 Å². The Kier molecular flexibility index (Phi) is 3.55. The van der Waals surface area contributed by atoms with E-state index in [0.717, 1.165) is 39.6 Å². The van der Waals surface area contributed by atoms with E-state index in [1.165, 1.54) is 4.70 Å². The van der Waals surface area contributed by atoms with E-state index in [-0.39, 0.29) is 0 Å². The van der Waals surface area contributed by atoms with E-state index in [2.05, 4.69) is 40.4 Å². The number of aromatic nitrogens is 3. The van der Waals surface area contributed by atoms with Crippen molar-refractivity contribution in [3.63, 3.8) is 0 Å². The quantitative estimate of drug-likeness (QED) is 0.568. The normalized spacial score (nSPS) is 11.0. The summed E-state index contributed by atoms with van der Waals surface area (Å²) < 4.78 is 1.17. The Morgan fingerprint density at radius 3 is 2.87 bits per heavy atom. The summed E-state index contributed by atoms with van der Waals surface area (Å²) in [6.07, 6.45) is 5.77. The fraction of sp³-hybridized carbons (Fsp3) is 0.111. The molecule has 1 aromatic carbocycles. The second-order valence-corrected chi connectivity index (χ2v) is 6.24. The molecule has 0 saturated carbocycles. The van der Waals surface area contributed by atoms with Crippen molar-refractivity contribution >= 4 is 26.7 Å². The van der Waals surface area contributed by atoms with Crippen molar-refractivity contribution in [2.24, 2.45) is 0 Å². The molecule has 0 aliphatic carbocycles. The van der Waals surface area contributed by atoms with E-state index in [0.29, 0.717) is 0 Å². The summed E-state index contributed by atoms with van der Waals surface area (Å²) in [7, 11) is 0. The lowest BCUT2D eigenvalue weighted by Crippen LogP contribution is -1.94. The van der Waals surface area contributed by atoms with Crippen LogP contribution in [-0.4, -0.2) is 21.5 Å². The van der Waals surface area contributed by atoms with E-state index in [9.17, 15) is 0 Å². The fourth-order valence-electron chi connectivity index (χ4n) is 2.64. The third-order valence-electron chi connectivity index (χ3n) is 3.69. The van der Waals surface area contributed by atoms with E-state index in [4.69, 9.17) is 4.98 Å². The van der Waals surface area contributed by atoms with E-state index < -0.39 is 0 Å². The first-order valence-electron chi connectivity index (χ1n) is 7.58. The highest BCUT2D eigenvalue weighted by Crippen LogP contribution is 2.37. The summed E-state index contributed by atoms with van der Waals surface area (Å²) >= 11 is 1.68. The first-order valence-corrected chi connectivity index (χ1v) is 8.40. The van der Waals surface area contributed by atoms with Crippen molar-refractivity contribution in [3.05, 3.63) is 55.0 Å². The van der Waals surface area contributed by atoms with Gasteiger partial charge in [-0.15, -0.1) is 0 Å². The summed E-state index contributed by atoms with van der Waals surface area (Å²) in [5.74, 6) is 0. The standard InChI is InChI=1S/C18H16N4S/c1-2-20-18-22-16-10-13(12-6-8-19-11-12)9-14(17(16)23-18)15-5-3-4-7-21-15/h3-11,19H,2H2,1H3,(H,20,22). The van der Waals surface area contributed by atoms with Gasteiger partial charge < -0.3 is 10.3 Å². The van der Waals surface area contributed by atoms with E-state index >= 15 is 0 Å². The van der Waals surface area contributed by atoms with Gasteiger partial charge in [0.25, 0.3) is 0 Å². The molecule has 23 heavy (non-hydrogen) atoms. The Morgan fingerprint density at radius 1 is 1.17 bits per heavy atom. The molecule has 3 aromatic heterocycles. The van der Waals surface area contributed by atoms with Crippen LogP contribution in [0, 0.1) is 0 Å². The van der Waals surface area contributed by atoms with Crippen molar-refractivity contribution in [2.45, 2.75) is 6.92 Å². The van der Waals surface area contributed by atoms with Crippen molar-refractivity contribution in [1.82, 2.24) is 15.0 Å². The van der Waals surface area contributed by atoms with Crippen LogP contribution in [0.5, 0.6) is 0 Å². The minimum absolute atomic E-state index is 0.864. The molecule has 114 valence electrons. The van der Waals surface area contributed by atoms with Crippen LogP contribution in [0.25, 0.3) is 32.6 Å². The highest BCUT2D eigenvalue weighted by Gasteiger charge is 2.13. The Labute approximate surface area is 138 Å². The predicted molar refractivity (Wildman–Crippen MR) is 96.8 cm³/mol. The number of rotatable bonds is 4. The second kappa shape index (κ2) is 5.85. The topological polar surface area (TPSA) is 53.6 Å². The maximum atomic E-state index is 4.73. The maximum absolute atomic E-state index is 4.73. The zero-order valence-electron chi connectivity index (χ0n) is 12.7. The molecule has 4 rings (SSSR count). The molecule has 0 atom stereocenters. The summed E-state index contributed by atoms with van der Waals surface area (Å²) in [5, 5.41) is 4.26. The number of thiazole rings is 1. The average Bonchev–Trinajstić information content (AvgIpc) is 3.24. The number of fused-ring (bicyclic) bond motifs is 1. The van der Waals surface area contributed by atoms with Gasteiger partial charge in [0, 0.05) is 30.7 Å². The van der Waals surface area contributed by atoms with Crippen molar-refractivity contribution in [1.29, 1.82) is 0 Å². The number of nitrogens with zero attached hydrogens (tertiary/aromatic N) is 2. The molecule has 0 amide bonds. The van der Waals surface area contributed by atoms with Crippen LogP contribution in [0.4, 0.5) is 5.13 Å². The lowest BCUT2D eigenvalue weighted by molar-refractivity contribution is 1.20. The Balaban J connectivity index is 1.97. The minimum atomic E-state index is 0.864. The number of hydrogen-bond donors (Lipinski definition) is 2. The maximum Gasteiger partial charge on any atom is 0.183 e. The van der Waals surface area contributed by atoms with Crippen LogP contribution in [0.15, 0.2) is 55.0 Å². The third kappa shape index (κ3) is 2.59. The van der Waals surface area contributed by atoms with Crippen LogP contribution in [-0.2, 0) is 0 Å². The molecule has 0 unspecified atom stereocenters. The van der Waals surface area contributed by atoms with Crippen LogP contribution in [0.3, 0.4) is 0 Å². The van der Waals surface area contributed by atoms with Crippen molar-refractivity contribution in [3.8, 4) is 22.4 Å². The number of benzene rings is 1. The monoisotopic (exact) mass is 320 g/mol. The van der Waals surface area contributed by atoms with Gasteiger partial charge in [-0.05, 0) is 48.4 Å². The summed E-state index contributed by atoms with van der Waals surface area (Å²) in [6, 6.07) is 12.4. The van der Waals surface area contributed by atoms with Gasteiger partial charge in [-0.1, -0.05) is 17.4 Å². The van der Waals surface area contributed by atoms with E-state index in [1.54, 1.807) is 11.3 Å². The van der Waals surface area contributed by atoms with Crippen LogP contribution in [0.1, 0.15) is 6.92 Å². The van der Waals surface area contributed by atoms with Gasteiger partial charge >= 0.3 is 0 Å². The molecule has 2 N–H and O–H groups in total. The molecule has 0 aliphatic heterocycles. The van der Waals surface area contributed by atoms with Gasteiger partial charge in [0.05, 0.1) is 15.9 Å². The largest absolute Gasteiger partial charge is 0.367 e. The van der Waals surface area contributed by atoms with Crippen LogP contribution >= 0.6 is 11.3 Å². The molecule has 0 fully saturated rings. The van der Waals surface area contributed by atoms with Gasteiger partial charge in [-0.25, -0.2) is 4.98 Å². The summed E-state index contributed by atoms with van der Waals surface area (Å²) in [5.41, 5.74) is 5.41. The molecule has 4 aromatic rings. The summed E-state index contributed by atoms with van der Waals surface area (Å²) in [4.78, 5) is 12.4. The lowest BCUT2D eigenvalue weighted by Gasteiger charge is -2.05. The van der Waals surface area contributed by atoms with Gasteiger partial charge in [0.2, 0.25) is 0 Å².